The third-order valence-corrected chi connectivity index (χ3v) is 5.87. The van der Waals surface area contributed by atoms with E-state index in [9.17, 15) is 14.0 Å². The molecule has 0 bridgehead atoms. The maximum atomic E-state index is 13.1. The number of hydrogen-bond acceptors (Lipinski definition) is 5. The molecule has 0 aliphatic carbocycles. The lowest BCUT2D eigenvalue weighted by atomic mass is 10.1. The molecule has 0 saturated carbocycles. The summed E-state index contributed by atoms with van der Waals surface area (Å²) in [5.74, 6) is 0.106. The Morgan fingerprint density at radius 1 is 0.969 bits per heavy atom. The highest BCUT2D eigenvalue weighted by Gasteiger charge is 2.32. The Hall–Kier alpha value is -2.93. The number of methoxy groups -OCH3 is 1. The van der Waals surface area contributed by atoms with Crippen LogP contribution in [0.25, 0.3) is 0 Å². The van der Waals surface area contributed by atoms with Crippen LogP contribution in [0.4, 0.5) is 4.39 Å². The SMILES string of the molecule is COC(=O)CCc1ccc(OCC(=O)N2C[C@@H](C)N(Cc3ccc(F)cc3)C[C@@H]2C)cc1. The molecule has 1 saturated heterocycles. The molecule has 0 spiro atoms. The molecule has 3 rings (SSSR count). The second-order valence-electron chi connectivity index (χ2n) is 8.31. The minimum Gasteiger partial charge on any atom is -0.484 e. The van der Waals surface area contributed by atoms with E-state index in [2.05, 4.69) is 16.6 Å². The van der Waals surface area contributed by atoms with Crippen molar-refractivity contribution in [3.05, 3.63) is 65.5 Å². The zero-order valence-electron chi connectivity index (χ0n) is 18.9. The number of ether oxygens (including phenoxy) is 2. The average molecular weight is 443 g/mol. The fourth-order valence-corrected chi connectivity index (χ4v) is 3.92. The van der Waals surface area contributed by atoms with Crippen molar-refractivity contribution >= 4 is 11.9 Å². The molecule has 172 valence electrons. The smallest absolute Gasteiger partial charge is 0.305 e. The van der Waals surface area contributed by atoms with Gasteiger partial charge in [-0.25, -0.2) is 4.39 Å². The summed E-state index contributed by atoms with van der Waals surface area (Å²) in [6.45, 7) is 6.22. The van der Waals surface area contributed by atoms with Gasteiger partial charge in [-0.05, 0) is 55.7 Å². The van der Waals surface area contributed by atoms with Crippen LogP contribution < -0.4 is 4.74 Å². The van der Waals surface area contributed by atoms with Gasteiger partial charge in [-0.1, -0.05) is 24.3 Å². The first-order valence-corrected chi connectivity index (χ1v) is 10.9. The number of benzene rings is 2. The molecule has 2 atom stereocenters. The number of halogens is 1. The lowest BCUT2D eigenvalue weighted by molar-refractivity contribution is -0.141. The van der Waals surface area contributed by atoms with Crippen molar-refractivity contribution in [3.63, 3.8) is 0 Å². The van der Waals surface area contributed by atoms with Crippen molar-refractivity contribution in [2.75, 3.05) is 26.8 Å². The molecule has 1 fully saturated rings. The lowest BCUT2D eigenvalue weighted by Gasteiger charge is -2.44. The van der Waals surface area contributed by atoms with E-state index < -0.39 is 0 Å². The quantitative estimate of drug-likeness (QED) is 0.587. The van der Waals surface area contributed by atoms with E-state index in [0.29, 0.717) is 25.1 Å². The van der Waals surface area contributed by atoms with Gasteiger partial charge in [0.25, 0.3) is 5.91 Å². The fourth-order valence-electron chi connectivity index (χ4n) is 3.92. The van der Waals surface area contributed by atoms with Gasteiger partial charge in [0, 0.05) is 38.1 Å². The van der Waals surface area contributed by atoms with E-state index in [4.69, 9.17) is 4.74 Å². The largest absolute Gasteiger partial charge is 0.484 e. The number of nitrogens with zero attached hydrogens (tertiary/aromatic N) is 2. The van der Waals surface area contributed by atoms with E-state index in [1.165, 1.54) is 19.2 Å². The monoisotopic (exact) mass is 442 g/mol. The van der Waals surface area contributed by atoms with Crippen molar-refractivity contribution in [1.29, 1.82) is 0 Å². The normalized spacial score (nSPS) is 18.9. The molecule has 1 aliphatic rings. The van der Waals surface area contributed by atoms with Gasteiger partial charge in [0.05, 0.1) is 7.11 Å². The van der Waals surface area contributed by atoms with E-state index >= 15 is 0 Å². The van der Waals surface area contributed by atoms with Crippen LogP contribution in [-0.4, -0.2) is 60.6 Å². The maximum absolute atomic E-state index is 13.1. The van der Waals surface area contributed by atoms with Crippen LogP contribution >= 0.6 is 0 Å². The van der Waals surface area contributed by atoms with E-state index in [1.807, 2.05) is 36.1 Å². The molecule has 1 aliphatic heterocycles. The summed E-state index contributed by atoms with van der Waals surface area (Å²) < 4.78 is 23.5. The van der Waals surface area contributed by atoms with Crippen LogP contribution in [0.3, 0.4) is 0 Å². The molecule has 0 unspecified atom stereocenters. The van der Waals surface area contributed by atoms with E-state index in [0.717, 1.165) is 24.2 Å². The number of amides is 1. The van der Waals surface area contributed by atoms with Crippen LogP contribution in [0.2, 0.25) is 0 Å². The second-order valence-corrected chi connectivity index (χ2v) is 8.31. The van der Waals surface area contributed by atoms with Crippen molar-refractivity contribution in [2.24, 2.45) is 0 Å². The van der Waals surface area contributed by atoms with Crippen molar-refractivity contribution in [1.82, 2.24) is 9.80 Å². The number of esters is 1. The Bertz CT molecular complexity index is 901. The topological polar surface area (TPSA) is 59.1 Å². The van der Waals surface area contributed by atoms with Crippen molar-refractivity contribution in [3.8, 4) is 5.75 Å². The molecule has 1 heterocycles. The molecule has 0 N–H and O–H groups in total. The summed E-state index contributed by atoms with van der Waals surface area (Å²) in [6.07, 6.45) is 0.932. The van der Waals surface area contributed by atoms with Crippen LogP contribution in [-0.2, 0) is 27.3 Å². The molecule has 2 aromatic carbocycles. The van der Waals surface area contributed by atoms with Gasteiger partial charge in [0.1, 0.15) is 11.6 Å². The molecular formula is C25H31FN2O4. The van der Waals surface area contributed by atoms with E-state index in [-0.39, 0.29) is 36.4 Å². The number of carbonyl (C=O) groups excluding carboxylic acids is 2. The van der Waals surface area contributed by atoms with Crippen LogP contribution in [0.5, 0.6) is 5.75 Å². The van der Waals surface area contributed by atoms with Crippen LogP contribution in [0.1, 0.15) is 31.4 Å². The Kier molecular flexibility index (Phi) is 8.22. The summed E-state index contributed by atoms with van der Waals surface area (Å²) in [5.41, 5.74) is 2.07. The first-order valence-electron chi connectivity index (χ1n) is 10.9. The summed E-state index contributed by atoms with van der Waals surface area (Å²) in [7, 11) is 1.38. The molecule has 6 nitrogen and oxygen atoms in total. The lowest BCUT2D eigenvalue weighted by Crippen LogP contribution is -2.58. The molecule has 2 aromatic rings. The standard InChI is InChI=1S/C25H31FN2O4/c1-18-15-28(19(2)14-27(18)16-21-4-9-22(26)10-5-21)24(29)17-32-23-11-6-20(7-12-23)8-13-25(30)31-3/h4-7,9-12,18-19H,8,13-17H2,1-3H3/t18-,19+/m1/s1. The Balaban J connectivity index is 1.48. The maximum Gasteiger partial charge on any atom is 0.305 e. The minimum atomic E-state index is -0.239. The molecule has 0 aromatic heterocycles. The average Bonchev–Trinajstić information content (AvgIpc) is 2.80. The Morgan fingerprint density at radius 2 is 1.62 bits per heavy atom. The second kappa shape index (κ2) is 11.1. The van der Waals surface area contributed by atoms with Gasteiger partial charge in [0.15, 0.2) is 6.61 Å². The van der Waals surface area contributed by atoms with Gasteiger partial charge in [-0.3, -0.25) is 14.5 Å². The fraction of sp³-hybridized carbons (Fsp3) is 0.440. The molecule has 0 radical (unpaired) electrons. The molecular weight excluding hydrogens is 411 g/mol. The van der Waals surface area contributed by atoms with Crippen LogP contribution in [0.15, 0.2) is 48.5 Å². The predicted octanol–water partition coefficient (Wildman–Crippen LogP) is 3.43. The minimum absolute atomic E-state index is 0.0173. The molecule has 1 amide bonds. The van der Waals surface area contributed by atoms with Crippen molar-refractivity contribution in [2.45, 2.75) is 45.3 Å². The third-order valence-electron chi connectivity index (χ3n) is 5.87. The number of rotatable bonds is 8. The number of carbonyl (C=O) groups is 2. The number of piperazine rings is 1. The Labute approximate surface area is 188 Å². The number of hydrogen-bond donors (Lipinski definition) is 0. The molecule has 32 heavy (non-hydrogen) atoms. The van der Waals surface area contributed by atoms with E-state index in [1.54, 1.807) is 12.1 Å². The Morgan fingerprint density at radius 3 is 2.28 bits per heavy atom. The molecule has 7 heteroatoms. The first-order chi connectivity index (χ1) is 15.4. The first kappa shape index (κ1) is 23.7. The summed E-state index contributed by atoms with van der Waals surface area (Å²) in [5, 5.41) is 0. The highest BCUT2D eigenvalue weighted by atomic mass is 19.1. The highest BCUT2D eigenvalue weighted by Crippen LogP contribution is 2.19. The van der Waals surface area contributed by atoms with Gasteiger partial charge in [-0.2, -0.15) is 0 Å². The van der Waals surface area contributed by atoms with Gasteiger partial charge in [0.2, 0.25) is 0 Å². The summed E-state index contributed by atoms with van der Waals surface area (Å²) in [6, 6.07) is 14.2. The van der Waals surface area contributed by atoms with Gasteiger partial charge >= 0.3 is 5.97 Å². The predicted molar refractivity (Wildman–Crippen MR) is 120 cm³/mol. The van der Waals surface area contributed by atoms with Gasteiger partial charge < -0.3 is 14.4 Å². The van der Waals surface area contributed by atoms with Crippen molar-refractivity contribution < 1.29 is 23.5 Å². The number of aryl methyl sites for hydroxylation is 1. The summed E-state index contributed by atoms with van der Waals surface area (Å²) >= 11 is 0. The summed E-state index contributed by atoms with van der Waals surface area (Å²) in [4.78, 5) is 28.2. The third kappa shape index (κ3) is 6.53. The zero-order valence-corrected chi connectivity index (χ0v) is 18.9. The zero-order chi connectivity index (χ0) is 23.1. The highest BCUT2D eigenvalue weighted by molar-refractivity contribution is 5.78. The van der Waals surface area contributed by atoms with Crippen LogP contribution in [0, 0.1) is 5.82 Å². The van der Waals surface area contributed by atoms with Gasteiger partial charge in [-0.15, -0.1) is 0 Å².